The molecule has 98 valence electrons. The molecule has 18 heavy (non-hydrogen) atoms. The van der Waals surface area contributed by atoms with Crippen molar-refractivity contribution in [3.05, 3.63) is 42.0 Å². The first-order chi connectivity index (χ1) is 8.49. The number of hydrogen-bond acceptors (Lipinski definition) is 3. The van der Waals surface area contributed by atoms with Gasteiger partial charge in [0.05, 0.1) is 6.10 Å². The molecule has 0 aliphatic rings. The predicted octanol–water partition coefficient (Wildman–Crippen LogP) is 2.16. The van der Waals surface area contributed by atoms with Crippen molar-refractivity contribution in [1.82, 2.24) is 0 Å². The summed E-state index contributed by atoms with van der Waals surface area (Å²) in [6.45, 7) is 5.51. The number of carbonyl (C=O) groups is 1. The Hall–Kier alpha value is -1.81. The van der Waals surface area contributed by atoms with E-state index >= 15 is 0 Å². The van der Waals surface area contributed by atoms with Crippen LogP contribution in [-0.2, 0) is 4.79 Å². The summed E-state index contributed by atoms with van der Waals surface area (Å²) in [6.07, 6.45) is -0.105. The van der Waals surface area contributed by atoms with Crippen molar-refractivity contribution in [2.24, 2.45) is 0 Å². The van der Waals surface area contributed by atoms with Crippen LogP contribution in [0.1, 0.15) is 18.4 Å². The Balaban J connectivity index is 2.31. The van der Waals surface area contributed by atoms with Crippen LogP contribution in [0.15, 0.2) is 36.4 Å². The first-order valence-corrected chi connectivity index (χ1v) is 5.77. The van der Waals surface area contributed by atoms with Crippen LogP contribution in [0.4, 0.5) is 0 Å². The minimum Gasteiger partial charge on any atom is -0.491 e. The van der Waals surface area contributed by atoms with Gasteiger partial charge in [0, 0.05) is 5.57 Å². The number of aliphatic hydroxyl groups excluding tert-OH is 1. The van der Waals surface area contributed by atoms with Crippen molar-refractivity contribution in [2.75, 3.05) is 6.61 Å². The number of rotatable bonds is 7. The van der Waals surface area contributed by atoms with E-state index in [1.807, 2.05) is 31.2 Å². The van der Waals surface area contributed by atoms with Gasteiger partial charge in [-0.2, -0.15) is 0 Å². The second-order valence-electron chi connectivity index (χ2n) is 4.23. The molecule has 0 fully saturated rings. The monoisotopic (exact) mass is 250 g/mol. The standard InChI is InChI=1S/C14H18O4/c1-10-4-3-5-13(8-10)18-9-12(15)7-6-11(2)14(16)17/h3-5,8,12,15H,2,6-7,9H2,1H3,(H,16,17). The van der Waals surface area contributed by atoms with Crippen molar-refractivity contribution in [3.8, 4) is 5.75 Å². The topological polar surface area (TPSA) is 66.8 Å². The lowest BCUT2D eigenvalue weighted by molar-refractivity contribution is -0.132. The zero-order valence-electron chi connectivity index (χ0n) is 10.4. The Morgan fingerprint density at radius 2 is 2.22 bits per heavy atom. The van der Waals surface area contributed by atoms with Gasteiger partial charge in [0.25, 0.3) is 0 Å². The highest BCUT2D eigenvalue weighted by atomic mass is 16.5. The molecule has 0 bridgehead atoms. The Labute approximate surface area is 107 Å². The SMILES string of the molecule is C=C(CCC(O)COc1cccc(C)c1)C(=O)O. The zero-order chi connectivity index (χ0) is 13.5. The zero-order valence-corrected chi connectivity index (χ0v) is 10.4. The van der Waals surface area contributed by atoms with Crippen molar-refractivity contribution in [3.63, 3.8) is 0 Å². The first kappa shape index (κ1) is 14.3. The van der Waals surface area contributed by atoms with Crippen LogP contribution < -0.4 is 4.74 Å². The minimum atomic E-state index is -1.03. The van der Waals surface area contributed by atoms with Crippen LogP contribution in [0, 0.1) is 6.92 Å². The molecule has 0 aromatic heterocycles. The van der Waals surface area contributed by atoms with E-state index in [0.29, 0.717) is 12.2 Å². The molecular weight excluding hydrogens is 232 g/mol. The molecule has 0 saturated heterocycles. The highest BCUT2D eigenvalue weighted by Gasteiger charge is 2.09. The minimum absolute atomic E-state index is 0.101. The van der Waals surface area contributed by atoms with Gasteiger partial charge in [-0.1, -0.05) is 18.7 Å². The summed E-state index contributed by atoms with van der Waals surface area (Å²) < 4.78 is 5.41. The van der Waals surface area contributed by atoms with Gasteiger partial charge in [0.15, 0.2) is 0 Å². The van der Waals surface area contributed by atoms with Crippen LogP contribution in [0.2, 0.25) is 0 Å². The Kier molecular flexibility index (Phi) is 5.39. The van der Waals surface area contributed by atoms with Crippen LogP contribution in [-0.4, -0.2) is 28.9 Å². The third kappa shape index (κ3) is 5.01. The van der Waals surface area contributed by atoms with Gasteiger partial charge in [-0.05, 0) is 37.5 Å². The molecular formula is C14H18O4. The fraction of sp³-hybridized carbons (Fsp3) is 0.357. The Morgan fingerprint density at radius 1 is 1.50 bits per heavy atom. The maximum Gasteiger partial charge on any atom is 0.330 e. The number of carboxylic acid groups (broad SMARTS) is 1. The van der Waals surface area contributed by atoms with E-state index in [-0.39, 0.29) is 18.6 Å². The smallest absolute Gasteiger partial charge is 0.330 e. The van der Waals surface area contributed by atoms with Gasteiger partial charge in [-0.25, -0.2) is 4.79 Å². The second kappa shape index (κ2) is 6.81. The Morgan fingerprint density at radius 3 is 2.83 bits per heavy atom. The maximum atomic E-state index is 10.5. The molecule has 1 unspecified atom stereocenters. The fourth-order valence-electron chi connectivity index (χ4n) is 1.43. The largest absolute Gasteiger partial charge is 0.491 e. The summed E-state index contributed by atoms with van der Waals surface area (Å²) in [6, 6.07) is 7.53. The number of benzene rings is 1. The number of ether oxygens (including phenoxy) is 1. The summed E-state index contributed by atoms with van der Waals surface area (Å²) in [4.78, 5) is 10.5. The number of hydrogen-bond donors (Lipinski definition) is 2. The van der Waals surface area contributed by atoms with Crippen molar-refractivity contribution in [2.45, 2.75) is 25.9 Å². The van der Waals surface area contributed by atoms with E-state index in [0.717, 1.165) is 5.56 Å². The number of carboxylic acids is 1. The maximum absolute atomic E-state index is 10.5. The van der Waals surface area contributed by atoms with E-state index < -0.39 is 12.1 Å². The van der Waals surface area contributed by atoms with E-state index in [1.165, 1.54) is 0 Å². The molecule has 0 aliphatic heterocycles. The number of aryl methyl sites for hydroxylation is 1. The van der Waals surface area contributed by atoms with Crippen molar-refractivity contribution in [1.29, 1.82) is 0 Å². The summed E-state index contributed by atoms with van der Waals surface area (Å²) in [5.41, 5.74) is 1.19. The molecule has 0 heterocycles. The third-order valence-electron chi connectivity index (χ3n) is 2.51. The molecule has 0 aliphatic carbocycles. The molecule has 2 N–H and O–H groups in total. The lowest BCUT2D eigenvalue weighted by Crippen LogP contribution is -2.18. The van der Waals surface area contributed by atoms with Crippen LogP contribution >= 0.6 is 0 Å². The van der Waals surface area contributed by atoms with Gasteiger partial charge < -0.3 is 14.9 Å². The van der Waals surface area contributed by atoms with Gasteiger partial charge in [-0.3, -0.25) is 0 Å². The molecule has 1 atom stereocenters. The molecule has 1 rings (SSSR count). The normalized spacial score (nSPS) is 11.9. The molecule has 0 spiro atoms. The molecule has 4 nitrogen and oxygen atoms in total. The quantitative estimate of drug-likeness (QED) is 0.728. The molecule has 1 aromatic carbocycles. The van der Waals surface area contributed by atoms with Crippen LogP contribution in [0.5, 0.6) is 5.75 Å². The summed E-state index contributed by atoms with van der Waals surface area (Å²) in [5.74, 6) is -0.326. The van der Waals surface area contributed by atoms with Crippen molar-refractivity contribution < 1.29 is 19.7 Å². The molecule has 0 saturated carbocycles. The van der Waals surface area contributed by atoms with Crippen LogP contribution in [0.3, 0.4) is 0 Å². The van der Waals surface area contributed by atoms with Gasteiger partial charge >= 0.3 is 5.97 Å². The highest BCUT2D eigenvalue weighted by Crippen LogP contribution is 2.13. The summed E-state index contributed by atoms with van der Waals surface area (Å²) in [5, 5.41) is 18.3. The molecule has 4 heteroatoms. The summed E-state index contributed by atoms with van der Waals surface area (Å²) >= 11 is 0. The predicted molar refractivity (Wildman–Crippen MR) is 68.7 cm³/mol. The lowest BCUT2D eigenvalue weighted by Gasteiger charge is -2.12. The third-order valence-corrected chi connectivity index (χ3v) is 2.51. The fourth-order valence-corrected chi connectivity index (χ4v) is 1.43. The van der Waals surface area contributed by atoms with E-state index in [2.05, 4.69) is 6.58 Å². The van der Waals surface area contributed by atoms with Crippen LogP contribution in [0.25, 0.3) is 0 Å². The van der Waals surface area contributed by atoms with E-state index in [4.69, 9.17) is 9.84 Å². The molecule has 0 radical (unpaired) electrons. The number of aliphatic hydroxyl groups is 1. The van der Waals surface area contributed by atoms with E-state index in [1.54, 1.807) is 0 Å². The number of aliphatic carboxylic acids is 1. The van der Waals surface area contributed by atoms with Crippen molar-refractivity contribution >= 4 is 5.97 Å². The van der Waals surface area contributed by atoms with Gasteiger partial charge in [0.2, 0.25) is 0 Å². The second-order valence-corrected chi connectivity index (χ2v) is 4.23. The van der Waals surface area contributed by atoms with Gasteiger partial charge in [0.1, 0.15) is 12.4 Å². The Bertz CT molecular complexity index is 426. The molecule has 1 aromatic rings. The highest BCUT2D eigenvalue weighted by molar-refractivity contribution is 5.85. The first-order valence-electron chi connectivity index (χ1n) is 5.77. The van der Waals surface area contributed by atoms with E-state index in [9.17, 15) is 9.90 Å². The summed E-state index contributed by atoms with van der Waals surface area (Å²) in [7, 11) is 0. The average Bonchev–Trinajstić information content (AvgIpc) is 2.33. The van der Waals surface area contributed by atoms with Gasteiger partial charge in [-0.15, -0.1) is 0 Å². The average molecular weight is 250 g/mol. The lowest BCUT2D eigenvalue weighted by atomic mass is 10.1. The molecule has 0 amide bonds.